The molecule has 0 aliphatic carbocycles. The molecule has 30 heavy (non-hydrogen) atoms. The number of methoxy groups -OCH3 is 2. The fraction of sp³-hybridized carbons (Fsp3) is 0.318. The monoisotopic (exact) mass is 412 g/mol. The number of ether oxygens (including phenoxy) is 3. The van der Waals surface area contributed by atoms with Gasteiger partial charge in [-0.25, -0.2) is 4.79 Å². The maximum atomic E-state index is 12.8. The van der Waals surface area contributed by atoms with Crippen LogP contribution in [-0.2, 0) is 14.3 Å². The molecule has 0 saturated carbocycles. The Morgan fingerprint density at radius 1 is 1.13 bits per heavy atom. The number of nitrogens with zero attached hydrogens (tertiary/aromatic N) is 1. The van der Waals surface area contributed by atoms with Crippen molar-refractivity contribution in [2.75, 3.05) is 37.6 Å². The second-order valence-electron chi connectivity index (χ2n) is 6.73. The van der Waals surface area contributed by atoms with Crippen LogP contribution in [0.4, 0.5) is 11.4 Å². The maximum Gasteiger partial charge on any atom is 0.338 e. The molecule has 2 amide bonds. The van der Waals surface area contributed by atoms with E-state index in [0.717, 1.165) is 0 Å². The molecule has 158 valence electrons. The second-order valence-corrected chi connectivity index (χ2v) is 6.73. The fourth-order valence-corrected chi connectivity index (χ4v) is 3.31. The Hall–Kier alpha value is -3.55. The third kappa shape index (κ3) is 4.53. The molecule has 0 spiro atoms. The maximum absolute atomic E-state index is 12.8. The highest BCUT2D eigenvalue weighted by Gasteiger charge is 2.36. The molecule has 2 aromatic rings. The zero-order valence-corrected chi connectivity index (χ0v) is 17.1. The Bertz CT molecular complexity index is 958. The van der Waals surface area contributed by atoms with Crippen molar-refractivity contribution < 1.29 is 28.6 Å². The fourth-order valence-electron chi connectivity index (χ4n) is 3.31. The number of esters is 1. The molecule has 1 heterocycles. The van der Waals surface area contributed by atoms with Gasteiger partial charge in [0.25, 0.3) is 0 Å². The van der Waals surface area contributed by atoms with E-state index in [1.54, 1.807) is 49.4 Å². The summed E-state index contributed by atoms with van der Waals surface area (Å²) in [4.78, 5) is 38.8. The van der Waals surface area contributed by atoms with Gasteiger partial charge < -0.3 is 24.4 Å². The standard InChI is InChI=1S/C22H24N2O6/c1-4-30-22(27)14-6-5-7-16(10-14)23-21(26)15-11-20(25)24(13-15)18-12-17(28-2)8-9-19(18)29-3/h5-10,12,15H,4,11,13H2,1-3H3,(H,23,26)/t15-/m0/s1. The lowest BCUT2D eigenvalue weighted by Crippen LogP contribution is -2.28. The van der Waals surface area contributed by atoms with Crippen LogP contribution >= 0.6 is 0 Å². The molecule has 3 rings (SSSR count). The summed E-state index contributed by atoms with van der Waals surface area (Å²) in [6, 6.07) is 11.7. The molecule has 0 aromatic heterocycles. The van der Waals surface area contributed by atoms with Crippen LogP contribution in [0.5, 0.6) is 11.5 Å². The van der Waals surface area contributed by atoms with Crippen molar-refractivity contribution in [3.8, 4) is 11.5 Å². The van der Waals surface area contributed by atoms with Gasteiger partial charge in [0.2, 0.25) is 11.8 Å². The minimum atomic E-state index is -0.542. The van der Waals surface area contributed by atoms with E-state index in [0.29, 0.717) is 28.4 Å². The minimum absolute atomic E-state index is 0.0732. The Kier molecular flexibility index (Phi) is 6.56. The second kappa shape index (κ2) is 9.30. The summed E-state index contributed by atoms with van der Waals surface area (Å²) < 4.78 is 15.6. The van der Waals surface area contributed by atoms with Crippen molar-refractivity contribution in [1.82, 2.24) is 0 Å². The van der Waals surface area contributed by atoms with Gasteiger partial charge in [-0.05, 0) is 37.3 Å². The van der Waals surface area contributed by atoms with Gasteiger partial charge in [-0.2, -0.15) is 0 Å². The van der Waals surface area contributed by atoms with Crippen LogP contribution in [0, 0.1) is 5.92 Å². The Morgan fingerprint density at radius 3 is 2.63 bits per heavy atom. The number of hydrogen-bond donors (Lipinski definition) is 1. The number of anilines is 2. The van der Waals surface area contributed by atoms with Crippen LogP contribution in [0.3, 0.4) is 0 Å². The van der Waals surface area contributed by atoms with Crippen LogP contribution in [0.25, 0.3) is 0 Å². The van der Waals surface area contributed by atoms with E-state index in [9.17, 15) is 14.4 Å². The van der Waals surface area contributed by atoms with Gasteiger partial charge in [0.1, 0.15) is 11.5 Å². The number of carbonyl (C=O) groups is 3. The van der Waals surface area contributed by atoms with E-state index in [-0.39, 0.29) is 31.4 Å². The summed E-state index contributed by atoms with van der Waals surface area (Å²) in [5.74, 6) is -0.370. The first kappa shape index (κ1) is 21.2. The Balaban J connectivity index is 1.73. The van der Waals surface area contributed by atoms with Crippen molar-refractivity contribution in [2.45, 2.75) is 13.3 Å². The number of amides is 2. The lowest BCUT2D eigenvalue weighted by molar-refractivity contribution is -0.122. The number of nitrogens with one attached hydrogen (secondary N) is 1. The smallest absolute Gasteiger partial charge is 0.338 e. The molecule has 1 N–H and O–H groups in total. The molecular formula is C22H24N2O6. The number of benzene rings is 2. The van der Waals surface area contributed by atoms with Crippen molar-refractivity contribution in [1.29, 1.82) is 0 Å². The summed E-state index contributed by atoms with van der Waals surface area (Å²) in [6.45, 7) is 2.21. The first-order valence-corrected chi connectivity index (χ1v) is 9.57. The quantitative estimate of drug-likeness (QED) is 0.703. The van der Waals surface area contributed by atoms with Gasteiger partial charge in [-0.15, -0.1) is 0 Å². The van der Waals surface area contributed by atoms with Crippen molar-refractivity contribution in [2.24, 2.45) is 5.92 Å². The molecule has 1 atom stereocenters. The lowest BCUT2D eigenvalue weighted by Gasteiger charge is -2.20. The molecule has 0 unspecified atom stereocenters. The summed E-state index contributed by atoms with van der Waals surface area (Å²) in [5.41, 5.74) is 1.37. The van der Waals surface area contributed by atoms with E-state index in [2.05, 4.69) is 5.32 Å². The van der Waals surface area contributed by atoms with Crippen LogP contribution < -0.4 is 19.7 Å². The van der Waals surface area contributed by atoms with Crippen LogP contribution in [0.1, 0.15) is 23.7 Å². The Labute approximate surface area is 174 Å². The van der Waals surface area contributed by atoms with E-state index in [4.69, 9.17) is 14.2 Å². The molecule has 1 fully saturated rings. The third-order valence-corrected chi connectivity index (χ3v) is 4.81. The van der Waals surface area contributed by atoms with Crippen LogP contribution in [-0.4, -0.2) is 45.2 Å². The molecule has 8 heteroatoms. The molecule has 0 bridgehead atoms. The summed E-state index contributed by atoms with van der Waals surface area (Å²) >= 11 is 0. The molecule has 0 radical (unpaired) electrons. The van der Waals surface area contributed by atoms with Crippen molar-refractivity contribution in [3.05, 3.63) is 48.0 Å². The van der Waals surface area contributed by atoms with E-state index in [1.807, 2.05) is 0 Å². The first-order valence-electron chi connectivity index (χ1n) is 9.57. The number of rotatable bonds is 7. The third-order valence-electron chi connectivity index (χ3n) is 4.81. The van der Waals surface area contributed by atoms with Gasteiger partial charge in [0.15, 0.2) is 0 Å². The lowest BCUT2D eigenvalue weighted by atomic mass is 10.1. The summed E-state index contributed by atoms with van der Waals surface area (Å²) in [6.07, 6.45) is 0.0732. The van der Waals surface area contributed by atoms with E-state index < -0.39 is 11.9 Å². The highest BCUT2D eigenvalue weighted by Crippen LogP contribution is 2.36. The van der Waals surface area contributed by atoms with Gasteiger partial charge >= 0.3 is 5.97 Å². The molecule has 1 saturated heterocycles. The molecule has 8 nitrogen and oxygen atoms in total. The zero-order valence-electron chi connectivity index (χ0n) is 17.1. The van der Waals surface area contributed by atoms with E-state index >= 15 is 0 Å². The highest BCUT2D eigenvalue weighted by atomic mass is 16.5. The average molecular weight is 412 g/mol. The largest absolute Gasteiger partial charge is 0.497 e. The average Bonchev–Trinajstić information content (AvgIpc) is 3.15. The summed E-state index contributed by atoms with van der Waals surface area (Å²) in [7, 11) is 3.06. The predicted octanol–water partition coefficient (Wildman–Crippen LogP) is 2.87. The highest BCUT2D eigenvalue weighted by molar-refractivity contribution is 6.04. The molecule has 2 aromatic carbocycles. The SMILES string of the molecule is CCOC(=O)c1cccc(NC(=O)[C@H]2CC(=O)N(c3cc(OC)ccc3OC)C2)c1. The first-order chi connectivity index (χ1) is 14.5. The van der Waals surface area contributed by atoms with Crippen molar-refractivity contribution in [3.63, 3.8) is 0 Å². The van der Waals surface area contributed by atoms with Crippen molar-refractivity contribution >= 4 is 29.2 Å². The predicted molar refractivity (Wildman–Crippen MR) is 111 cm³/mol. The Morgan fingerprint density at radius 2 is 1.93 bits per heavy atom. The van der Waals surface area contributed by atoms with Gasteiger partial charge in [-0.1, -0.05) is 6.07 Å². The molecular weight excluding hydrogens is 388 g/mol. The van der Waals surface area contributed by atoms with Crippen LogP contribution in [0.2, 0.25) is 0 Å². The summed E-state index contributed by atoms with van der Waals surface area (Å²) in [5, 5.41) is 2.78. The minimum Gasteiger partial charge on any atom is -0.497 e. The molecule has 1 aliphatic heterocycles. The topological polar surface area (TPSA) is 94.2 Å². The van der Waals surface area contributed by atoms with Crippen LogP contribution in [0.15, 0.2) is 42.5 Å². The van der Waals surface area contributed by atoms with E-state index in [1.165, 1.54) is 19.1 Å². The van der Waals surface area contributed by atoms with Gasteiger partial charge in [-0.3, -0.25) is 9.59 Å². The normalized spacial score (nSPS) is 15.6. The number of carbonyl (C=O) groups excluding carboxylic acids is 3. The zero-order chi connectivity index (χ0) is 21.7. The molecule has 1 aliphatic rings. The van der Waals surface area contributed by atoms with Gasteiger partial charge in [0, 0.05) is 24.7 Å². The number of hydrogen-bond acceptors (Lipinski definition) is 6. The van der Waals surface area contributed by atoms with Gasteiger partial charge in [0.05, 0.1) is 38.0 Å².